The number of carbonyl (C=O) groups excluding carboxylic acids is 2. The van der Waals surface area contributed by atoms with Gasteiger partial charge in [0.05, 0.1) is 0 Å². The molecule has 0 saturated carbocycles. The number of amides is 2. The first-order valence-corrected chi connectivity index (χ1v) is 9.99. The summed E-state index contributed by atoms with van der Waals surface area (Å²) in [6.07, 6.45) is 5.05. The lowest BCUT2D eigenvalue weighted by molar-refractivity contribution is -0.120. The fourth-order valence-electron chi connectivity index (χ4n) is 3.13. The predicted octanol–water partition coefficient (Wildman–Crippen LogP) is 4.09. The first kappa shape index (κ1) is 22.5. The van der Waals surface area contributed by atoms with Crippen molar-refractivity contribution in [2.75, 3.05) is 13.2 Å². The molecule has 0 fully saturated rings. The van der Waals surface area contributed by atoms with Crippen LogP contribution in [0.3, 0.4) is 0 Å². The molecule has 0 heterocycles. The third-order valence-corrected chi connectivity index (χ3v) is 5.35. The fourth-order valence-corrected chi connectivity index (χ4v) is 3.26. The lowest BCUT2D eigenvalue weighted by Crippen LogP contribution is -2.39. The molecule has 2 aromatic carbocycles. The van der Waals surface area contributed by atoms with Crippen molar-refractivity contribution in [3.8, 4) is 5.75 Å². The minimum absolute atomic E-state index is 0.131. The van der Waals surface area contributed by atoms with Crippen molar-refractivity contribution in [1.82, 2.24) is 5.32 Å². The van der Waals surface area contributed by atoms with E-state index in [1.165, 1.54) is 11.6 Å². The van der Waals surface area contributed by atoms with Gasteiger partial charge in [-0.05, 0) is 54.3 Å². The molecule has 0 bridgehead atoms. The SMILES string of the molecule is CCC(CC)(CNC(=O)C=Cc1ccc(OCC(N)=O)cc1)c1ccc(Cl)cc1. The molecule has 0 atom stereocenters. The molecule has 2 amide bonds. The summed E-state index contributed by atoms with van der Waals surface area (Å²) in [6, 6.07) is 14.9. The maximum atomic E-state index is 12.3. The van der Waals surface area contributed by atoms with Gasteiger partial charge in [0.1, 0.15) is 5.75 Å². The summed E-state index contributed by atoms with van der Waals surface area (Å²) in [5.41, 5.74) is 6.93. The van der Waals surface area contributed by atoms with E-state index < -0.39 is 5.91 Å². The lowest BCUT2D eigenvalue weighted by atomic mass is 9.76. The molecule has 2 aromatic rings. The van der Waals surface area contributed by atoms with Gasteiger partial charge >= 0.3 is 0 Å². The van der Waals surface area contributed by atoms with Crippen LogP contribution < -0.4 is 15.8 Å². The van der Waals surface area contributed by atoms with Gasteiger partial charge in [-0.2, -0.15) is 0 Å². The summed E-state index contributed by atoms with van der Waals surface area (Å²) in [5, 5.41) is 3.72. The van der Waals surface area contributed by atoms with Crippen molar-refractivity contribution in [2.45, 2.75) is 32.1 Å². The van der Waals surface area contributed by atoms with Crippen molar-refractivity contribution in [3.05, 3.63) is 70.8 Å². The topological polar surface area (TPSA) is 81.4 Å². The van der Waals surface area contributed by atoms with Gasteiger partial charge in [0.15, 0.2) is 6.61 Å². The highest BCUT2D eigenvalue weighted by Gasteiger charge is 2.28. The number of halogens is 1. The summed E-state index contributed by atoms with van der Waals surface area (Å²) >= 11 is 6.01. The van der Waals surface area contributed by atoms with Crippen molar-refractivity contribution in [1.29, 1.82) is 0 Å². The number of nitrogens with two attached hydrogens (primary N) is 1. The van der Waals surface area contributed by atoms with Gasteiger partial charge < -0.3 is 15.8 Å². The predicted molar refractivity (Wildman–Crippen MR) is 117 cm³/mol. The Morgan fingerprint density at radius 2 is 1.69 bits per heavy atom. The highest BCUT2D eigenvalue weighted by Crippen LogP contribution is 2.31. The molecule has 154 valence electrons. The molecule has 0 spiro atoms. The zero-order valence-corrected chi connectivity index (χ0v) is 17.5. The number of hydrogen-bond acceptors (Lipinski definition) is 3. The minimum Gasteiger partial charge on any atom is -0.484 e. The maximum absolute atomic E-state index is 12.3. The number of nitrogens with one attached hydrogen (secondary N) is 1. The Morgan fingerprint density at radius 1 is 1.07 bits per heavy atom. The minimum atomic E-state index is -0.528. The van der Waals surface area contributed by atoms with Crippen LogP contribution in [0.5, 0.6) is 5.75 Å². The molecule has 0 aliphatic rings. The quantitative estimate of drug-likeness (QED) is 0.574. The molecule has 6 heteroatoms. The summed E-state index contributed by atoms with van der Waals surface area (Å²) in [4.78, 5) is 23.1. The number of carbonyl (C=O) groups is 2. The highest BCUT2D eigenvalue weighted by molar-refractivity contribution is 6.30. The average molecular weight is 415 g/mol. The molecule has 0 saturated heterocycles. The van der Waals surface area contributed by atoms with Crippen molar-refractivity contribution in [2.24, 2.45) is 5.73 Å². The summed E-state index contributed by atoms with van der Waals surface area (Å²) in [6.45, 7) is 4.64. The molecule has 0 aromatic heterocycles. The second-order valence-electron chi connectivity index (χ2n) is 6.87. The number of ether oxygens (including phenoxy) is 1. The number of hydrogen-bond donors (Lipinski definition) is 2. The first-order valence-electron chi connectivity index (χ1n) is 9.61. The standard InChI is InChI=1S/C23H27ClN2O3/c1-3-23(4-2,18-8-10-19(24)11-9-18)16-26-22(28)14-7-17-5-12-20(13-6-17)29-15-21(25)27/h5-14H,3-4,15-16H2,1-2H3,(H2,25,27)(H,26,28). The van der Waals surface area contributed by atoms with Crippen LogP contribution in [0.1, 0.15) is 37.8 Å². The van der Waals surface area contributed by atoms with Gasteiger partial charge in [-0.15, -0.1) is 0 Å². The number of primary amides is 1. The smallest absolute Gasteiger partial charge is 0.255 e. The van der Waals surface area contributed by atoms with E-state index in [1.54, 1.807) is 30.3 Å². The molecular weight excluding hydrogens is 388 g/mol. The molecule has 0 unspecified atom stereocenters. The maximum Gasteiger partial charge on any atom is 0.255 e. The zero-order chi connectivity index (χ0) is 21.3. The van der Waals surface area contributed by atoms with Crippen LogP contribution >= 0.6 is 11.6 Å². The van der Waals surface area contributed by atoms with Crippen molar-refractivity contribution < 1.29 is 14.3 Å². The van der Waals surface area contributed by atoms with Crippen LogP contribution in [-0.4, -0.2) is 25.0 Å². The van der Waals surface area contributed by atoms with Crippen LogP contribution in [0.15, 0.2) is 54.6 Å². The lowest BCUT2D eigenvalue weighted by Gasteiger charge is -2.32. The number of rotatable bonds is 10. The fraction of sp³-hybridized carbons (Fsp3) is 0.304. The Labute approximate surface area is 176 Å². The largest absolute Gasteiger partial charge is 0.484 e. The van der Waals surface area contributed by atoms with E-state index in [9.17, 15) is 9.59 Å². The summed E-state index contributed by atoms with van der Waals surface area (Å²) < 4.78 is 5.21. The zero-order valence-electron chi connectivity index (χ0n) is 16.8. The van der Waals surface area contributed by atoms with Gasteiger partial charge in [-0.1, -0.05) is 49.7 Å². The monoisotopic (exact) mass is 414 g/mol. The van der Waals surface area contributed by atoms with Crippen LogP contribution in [0.2, 0.25) is 5.02 Å². The van der Waals surface area contributed by atoms with E-state index in [0.717, 1.165) is 18.4 Å². The molecule has 5 nitrogen and oxygen atoms in total. The third kappa shape index (κ3) is 6.64. The van der Waals surface area contributed by atoms with Crippen LogP contribution in [0, 0.1) is 0 Å². The first-order chi connectivity index (χ1) is 13.9. The summed E-state index contributed by atoms with van der Waals surface area (Å²) in [5.74, 6) is -0.136. The van der Waals surface area contributed by atoms with Crippen molar-refractivity contribution in [3.63, 3.8) is 0 Å². The van der Waals surface area contributed by atoms with Crippen LogP contribution in [-0.2, 0) is 15.0 Å². The molecule has 0 aliphatic heterocycles. The summed E-state index contributed by atoms with van der Waals surface area (Å²) in [7, 11) is 0. The van der Waals surface area contributed by atoms with E-state index in [0.29, 0.717) is 17.3 Å². The third-order valence-electron chi connectivity index (χ3n) is 5.10. The van der Waals surface area contributed by atoms with E-state index in [4.69, 9.17) is 22.1 Å². The Morgan fingerprint density at radius 3 is 2.24 bits per heavy atom. The molecule has 3 N–H and O–H groups in total. The van der Waals surface area contributed by atoms with Gasteiger partial charge in [0.2, 0.25) is 5.91 Å². The van der Waals surface area contributed by atoms with E-state index in [2.05, 4.69) is 19.2 Å². The molecule has 0 aliphatic carbocycles. The Kier molecular flexibility index (Phi) is 8.28. The Bertz CT molecular complexity index is 841. The van der Waals surface area contributed by atoms with Crippen LogP contribution in [0.4, 0.5) is 0 Å². The second kappa shape index (κ2) is 10.7. The van der Waals surface area contributed by atoms with E-state index in [-0.39, 0.29) is 17.9 Å². The molecule has 29 heavy (non-hydrogen) atoms. The normalized spacial score (nSPS) is 11.4. The molecular formula is C23H27ClN2O3. The average Bonchev–Trinajstić information content (AvgIpc) is 2.73. The number of benzene rings is 2. The van der Waals surface area contributed by atoms with Crippen LogP contribution in [0.25, 0.3) is 6.08 Å². The molecule has 2 rings (SSSR count). The van der Waals surface area contributed by atoms with Gasteiger partial charge in [0, 0.05) is 23.1 Å². The van der Waals surface area contributed by atoms with E-state index >= 15 is 0 Å². The van der Waals surface area contributed by atoms with Gasteiger partial charge in [-0.3, -0.25) is 9.59 Å². The van der Waals surface area contributed by atoms with Gasteiger partial charge in [0.25, 0.3) is 5.91 Å². The van der Waals surface area contributed by atoms with E-state index in [1.807, 2.05) is 24.3 Å². The molecule has 0 radical (unpaired) electrons. The second-order valence-corrected chi connectivity index (χ2v) is 7.31. The Hall–Kier alpha value is -2.79. The van der Waals surface area contributed by atoms with Gasteiger partial charge in [-0.25, -0.2) is 0 Å². The van der Waals surface area contributed by atoms with Crippen molar-refractivity contribution >= 4 is 29.5 Å². The highest BCUT2D eigenvalue weighted by atomic mass is 35.5. The Balaban J connectivity index is 1.96.